The molecule has 0 atom stereocenters. The molecule has 0 N–H and O–H groups in total. The van der Waals surface area contributed by atoms with Gasteiger partial charge in [0.2, 0.25) is 0 Å². The highest BCUT2D eigenvalue weighted by Crippen LogP contribution is 2.24. The second kappa shape index (κ2) is 6.43. The molecular formula is C14H23N2O3S+. The van der Waals surface area contributed by atoms with Crippen molar-refractivity contribution >= 4 is 10.1 Å². The fourth-order valence-corrected chi connectivity index (χ4v) is 3.54. The van der Waals surface area contributed by atoms with Gasteiger partial charge in [0, 0.05) is 0 Å². The number of hydrogen-bond acceptors (Lipinski definition) is 3. The van der Waals surface area contributed by atoms with E-state index in [1.54, 1.807) is 17.7 Å². The summed E-state index contributed by atoms with van der Waals surface area (Å²) in [4.78, 5) is 0.423. The molecule has 112 valence electrons. The van der Waals surface area contributed by atoms with E-state index in [-0.39, 0.29) is 0 Å². The normalized spacial score (nSPS) is 16.0. The molecule has 20 heavy (non-hydrogen) atoms. The van der Waals surface area contributed by atoms with Crippen LogP contribution in [0.2, 0.25) is 0 Å². The van der Waals surface area contributed by atoms with E-state index in [4.69, 9.17) is 4.18 Å². The van der Waals surface area contributed by atoms with Crippen molar-refractivity contribution in [2.45, 2.75) is 52.0 Å². The number of unbranched alkanes of at least 4 members (excludes halogenated alkanes) is 1. The number of aryl methyl sites for hydroxylation is 2. The molecule has 6 heteroatoms. The van der Waals surface area contributed by atoms with E-state index in [9.17, 15) is 8.42 Å². The summed E-state index contributed by atoms with van der Waals surface area (Å²) in [6.45, 7) is 2.87. The number of hydrogen-bond donors (Lipinski definition) is 0. The van der Waals surface area contributed by atoms with Gasteiger partial charge in [0.1, 0.15) is 12.4 Å². The number of nitrogens with zero attached hydrogens (tertiary/aromatic N) is 2. The van der Waals surface area contributed by atoms with Crippen LogP contribution in [0.25, 0.3) is 0 Å². The average Bonchev–Trinajstić information content (AvgIpc) is 2.78. The molecule has 0 unspecified atom stereocenters. The number of rotatable bonds is 6. The van der Waals surface area contributed by atoms with Crippen LogP contribution < -0.4 is 8.75 Å². The zero-order chi connectivity index (χ0) is 14.6. The molecule has 1 aliphatic rings. The van der Waals surface area contributed by atoms with Gasteiger partial charge in [0.25, 0.3) is 0 Å². The van der Waals surface area contributed by atoms with Crippen molar-refractivity contribution in [1.82, 2.24) is 4.57 Å². The standard InChI is InChI=1S/C14H23N2O3S/c1-3-4-10-16-12-11-15(2)14(16)19-20(17,18)13-8-6-5-7-9-13/h8,11-12H,3-7,9-10H2,1-2H3/q+1. The van der Waals surface area contributed by atoms with Gasteiger partial charge in [-0.2, -0.15) is 17.6 Å². The highest BCUT2D eigenvalue weighted by molar-refractivity contribution is 7.91. The Morgan fingerprint density at radius 2 is 2.20 bits per heavy atom. The van der Waals surface area contributed by atoms with Gasteiger partial charge in [0.05, 0.1) is 18.5 Å². The molecule has 0 aromatic carbocycles. The van der Waals surface area contributed by atoms with Gasteiger partial charge in [-0.3, -0.25) is 0 Å². The summed E-state index contributed by atoms with van der Waals surface area (Å²) in [5.41, 5.74) is 0. The topological polar surface area (TPSA) is 52.2 Å². The average molecular weight is 299 g/mol. The van der Waals surface area contributed by atoms with Crippen LogP contribution >= 0.6 is 0 Å². The molecule has 0 radical (unpaired) electrons. The van der Waals surface area contributed by atoms with E-state index < -0.39 is 10.1 Å². The van der Waals surface area contributed by atoms with Crippen LogP contribution in [0, 0.1) is 0 Å². The zero-order valence-corrected chi connectivity index (χ0v) is 13.0. The molecule has 1 aromatic heterocycles. The highest BCUT2D eigenvalue weighted by Gasteiger charge is 2.28. The van der Waals surface area contributed by atoms with Crippen molar-refractivity contribution in [3.63, 3.8) is 0 Å². The minimum atomic E-state index is -3.66. The van der Waals surface area contributed by atoms with Crippen molar-refractivity contribution in [1.29, 1.82) is 0 Å². The first-order chi connectivity index (χ1) is 9.54. The minimum absolute atomic E-state index is 0.380. The maximum Gasteiger partial charge on any atom is 0.472 e. The van der Waals surface area contributed by atoms with Crippen LogP contribution in [-0.4, -0.2) is 13.0 Å². The molecule has 0 spiro atoms. The molecule has 1 aliphatic carbocycles. The first-order valence-corrected chi connectivity index (χ1v) is 8.63. The largest absolute Gasteiger partial charge is 0.472 e. The number of imidazole rings is 1. The van der Waals surface area contributed by atoms with Gasteiger partial charge in [-0.1, -0.05) is 19.4 Å². The van der Waals surface area contributed by atoms with Crippen molar-refractivity contribution < 1.29 is 17.2 Å². The third-order valence-corrected chi connectivity index (χ3v) is 4.91. The smallest absolute Gasteiger partial charge is 0.305 e. The van der Waals surface area contributed by atoms with E-state index in [2.05, 4.69) is 6.92 Å². The third-order valence-electron chi connectivity index (χ3n) is 3.52. The van der Waals surface area contributed by atoms with Crippen LogP contribution in [-0.2, 0) is 23.7 Å². The lowest BCUT2D eigenvalue weighted by molar-refractivity contribution is -0.674. The van der Waals surface area contributed by atoms with Gasteiger partial charge in [-0.15, -0.1) is 0 Å². The Balaban J connectivity index is 2.20. The maximum atomic E-state index is 12.3. The predicted octanol–water partition coefficient (Wildman–Crippen LogP) is 2.28. The Hall–Kier alpha value is -1.30. The van der Waals surface area contributed by atoms with Gasteiger partial charge >= 0.3 is 16.1 Å². The summed E-state index contributed by atoms with van der Waals surface area (Å²) < 4.78 is 33.6. The van der Waals surface area contributed by atoms with E-state index in [0.29, 0.717) is 17.3 Å². The highest BCUT2D eigenvalue weighted by atomic mass is 32.2. The third kappa shape index (κ3) is 3.42. The molecular weight excluding hydrogens is 276 g/mol. The van der Waals surface area contributed by atoms with Crippen molar-refractivity contribution in [3.8, 4) is 6.01 Å². The summed E-state index contributed by atoms with van der Waals surface area (Å²) in [7, 11) is -1.86. The second-order valence-electron chi connectivity index (χ2n) is 5.19. The Bertz CT molecular complexity index is 588. The first kappa shape index (κ1) is 15.1. The number of allylic oxidation sites excluding steroid dienone is 2. The summed E-state index contributed by atoms with van der Waals surface area (Å²) in [5.74, 6) is 0. The molecule has 0 aliphatic heterocycles. The van der Waals surface area contributed by atoms with Gasteiger partial charge < -0.3 is 4.18 Å². The zero-order valence-electron chi connectivity index (χ0n) is 12.2. The molecule has 2 rings (SSSR count). The molecule has 0 bridgehead atoms. The first-order valence-electron chi connectivity index (χ1n) is 7.23. The second-order valence-corrected chi connectivity index (χ2v) is 6.79. The summed E-state index contributed by atoms with van der Waals surface area (Å²) in [6, 6.07) is 0.380. The fraction of sp³-hybridized carbons (Fsp3) is 0.643. The molecule has 0 fully saturated rings. The quantitative estimate of drug-likeness (QED) is 0.598. The van der Waals surface area contributed by atoms with E-state index in [0.717, 1.165) is 38.6 Å². The maximum absolute atomic E-state index is 12.3. The van der Waals surface area contributed by atoms with E-state index in [1.165, 1.54) is 0 Å². The molecule has 0 saturated carbocycles. The van der Waals surface area contributed by atoms with Crippen molar-refractivity contribution in [3.05, 3.63) is 23.4 Å². The summed E-state index contributed by atoms with van der Waals surface area (Å²) in [5, 5.41) is 0. The monoisotopic (exact) mass is 299 g/mol. The Morgan fingerprint density at radius 1 is 1.40 bits per heavy atom. The predicted molar refractivity (Wildman–Crippen MR) is 76.6 cm³/mol. The van der Waals surface area contributed by atoms with Gasteiger partial charge in [-0.25, -0.2) is 0 Å². The van der Waals surface area contributed by atoms with E-state index in [1.807, 2.05) is 17.0 Å². The fourth-order valence-electron chi connectivity index (χ4n) is 2.30. The molecule has 0 amide bonds. The van der Waals surface area contributed by atoms with Gasteiger partial charge in [0.15, 0.2) is 0 Å². The lowest BCUT2D eigenvalue weighted by Crippen LogP contribution is -2.31. The van der Waals surface area contributed by atoms with Crippen molar-refractivity contribution in [2.75, 3.05) is 0 Å². The molecule has 1 heterocycles. The van der Waals surface area contributed by atoms with E-state index >= 15 is 0 Å². The molecule has 5 nitrogen and oxygen atoms in total. The molecule has 1 aromatic rings. The summed E-state index contributed by atoms with van der Waals surface area (Å²) in [6.07, 6.45) is 10.9. The van der Waals surface area contributed by atoms with Crippen LogP contribution in [0.1, 0.15) is 45.4 Å². The lowest BCUT2D eigenvalue weighted by Gasteiger charge is -2.12. The SMILES string of the molecule is CCCCn1cc[n+](C)c1OS(=O)(=O)C1=CCCCC1. The molecule has 0 saturated heterocycles. The van der Waals surface area contributed by atoms with Crippen LogP contribution in [0.3, 0.4) is 0 Å². The van der Waals surface area contributed by atoms with Crippen LogP contribution in [0.15, 0.2) is 23.4 Å². The number of aromatic nitrogens is 2. The Morgan fingerprint density at radius 3 is 2.85 bits per heavy atom. The van der Waals surface area contributed by atoms with Crippen LogP contribution in [0.5, 0.6) is 6.01 Å². The Kier molecular flexibility index (Phi) is 4.86. The van der Waals surface area contributed by atoms with Crippen molar-refractivity contribution in [2.24, 2.45) is 7.05 Å². The Labute approximate surface area is 121 Å². The minimum Gasteiger partial charge on any atom is -0.305 e. The van der Waals surface area contributed by atoms with Crippen LogP contribution in [0.4, 0.5) is 0 Å². The van der Waals surface area contributed by atoms with Gasteiger partial charge in [-0.05, 0) is 32.1 Å². The lowest BCUT2D eigenvalue weighted by atomic mass is 10.1. The summed E-state index contributed by atoms with van der Waals surface area (Å²) >= 11 is 0.